The van der Waals surface area contributed by atoms with E-state index in [0.29, 0.717) is 0 Å². The molecule has 190 valence electrons. The number of carbonyl (C=O) groups excluding carboxylic acids is 3. The van der Waals surface area contributed by atoms with E-state index in [1.165, 1.54) is 24.3 Å². The van der Waals surface area contributed by atoms with Crippen molar-refractivity contribution >= 4 is 52.5 Å². The number of nitro benzene ring substituents is 1. The zero-order valence-corrected chi connectivity index (χ0v) is 20.2. The molecule has 3 heterocycles. The second kappa shape index (κ2) is 8.77. The molecule has 0 spiro atoms. The fraction of sp³-hybridized carbons (Fsp3) is 0.148. The van der Waals surface area contributed by atoms with E-state index in [-0.39, 0.29) is 22.1 Å². The van der Waals surface area contributed by atoms with Crippen molar-refractivity contribution in [2.45, 2.75) is 12.1 Å². The molecule has 0 bridgehead atoms. The summed E-state index contributed by atoms with van der Waals surface area (Å²) in [7, 11) is 0. The topological polar surface area (TPSA) is 113 Å². The summed E-state index contributed by atoms with van der Waals surface area (Å²) in [5, 5.41) is 14.0. The third-order valence-corrected chi connectivity index (χ3v) is 7.56. The van der Waals surface area contributed by atoms with Gasteiger partial charge in [-0.2, -0.15) is 0 Å². The molecule has 38 heavy (non-hydrogen) atoms. The van der Waals surface area contributed by atoms with Gasteiger partial charge in [-0.3, -0.25) is 24.5 Å². The van der Waals surface area contributed by atoms with Crippen LogP contribution in [0.1, 0.15) is 17.2 Å². The van der Waals surface area contributed by atoms with Crippen LogP contribution in [0.2, 0.25) is 5.02 Å². The highest BCUT2D eigenvalue weighted by Crippen LogP contribution is 2.53. The summed E-state index contributed by atoms with van der Waals surface area (Å²) >= 11 is 6.21. The van der Waals surface area contributed by atoms with Crippen molar-refractivity contribution in [1.82, 2.24) is 4.90 Å². The molecular weight excluding hydrogens is 515 g/mol. The number of fused-ring (bicyclic) bond motifs is 5. The Morgan fingerprint density at radius 2 is 1.71 bits per heavy atom. The highest BCUT2D eigenvalue weighted by atomic mass is 35.5. The number of amides is 3. The van der Waals surface area contributed by atoms with Gasteiger partial charge in [0.1, 0.15) is 11.9 Å². The lowest BCUT2D eigenvalue weighted by molar-refractivity contribution is -0.384. The monoisotopic (exact) mass is 532 g/mol. The van der Waals surface area contributed by atoms with Crippen LogP contribution in [0.3, 0.4) is 0 Å². The third-order valence-electron chi connectivity index (χ3n) is 7.23. The summed E-state index contributed by atoms with van der Waals surface area (Å²) in [6.07, 6.45) is 3.49. The van der Waals surface area contributed by atoms with Crippen molar-refractivity contribution in [2.75, 3.05) is 10.2 Å². The molecule has 0 aliphatic carbocycles. The Morgan fingerprint density at radius 1 is 1.00 bits per heavy atom. The molecule has 3 amide bonds. The predicted molar refractivity (Wildman–Crippen MR) is 136 cm³/mol. The van der Waals surface area contributed by atoms with E-state index in [9.17, 15) is 28.9 Å². The van der Waals surface area contributed by atoms with E-state index >= 15 is 0 Å². The Labute approximate surface area is 220 Å². The highest BCUT2D eigenvalue weighted by molar-refractivity contribution is 6.34. The molecule has 4 unspecified atom stereocenters. The van der Waals surface area contributed by atoms with Crippen LogP contribution in [0.4, 0.5) is 21.5 Å². The van der Waals surface area contributed by atoms with E-state index in [1.807, 2.05) is 24.3 Å². The Hall–Kier alpha value is -4.57. The normalized spacial score (nSPS) is 23.2. The van der Waals surface area contributed by atoms with E-state index in [2.05, 4.69) is 5.32 Å². The minimum absolute atomic E-state index is 0.0134. The average Bonchev–Trinajstić information content (AvgIpc) is 3.38. The van der Waals surface area contributed by atoms with Crippen molar-refractivity contribution in [3.05, 3.63) is 105 Å². The minimum Gasteiger partial charge on any atom is -0.357 e. The Kier molecular flexibility index (Phi) is 5.50. The predicted octanol–water partition coefficient (Wildman–Crippen LogP) is 4.54. The summed E-state index contributed by atoms with van der Waals surface area (Å²) in [5.41, 5.74) is 1.60. The van der Waals surface area contributed by atoms with Gasteiger partial charge in [0.25, 0.3) is 5.69 Å². The first-order valence-corrected chi connectivity index (χ1v) is 12.1. The summed E-state index contributed by atoms with van der Waals surface area (Å²) < 4.78 is 13.6. The summed E-state index contributed by atoms with van der Waals surface area (Å²) in [6.45, 7) is 0. The summed E-state index contributed by atoms with van der Waals surface area (Å²) in [4.78, 5) is 54.7. The number of nitrogens with one attached hydrogen (secondary N) is 1. The van der Waals surface area contributed by atoms with E-state index in [4.69, 9.17) is 11.6 Å². The number of carbonyl (C=O) groups is 3. The number of imide groups is 1. The number of anilines is 2. The van der Waals surface area contributed by atoms with Crippen molar-refractivity contribution < 1.29 is 23.7 Å². The standard InChI is InChI=1S/C27H18ClFN4O5/c28-19-10-9-17(33(37)38)13-20(19)30-25(34)24-22-21(23-18-4-2-1-3-14(18)11-12-31(23)24)26(35)32(27(22)36)16-7-5-15(29)6-8-16/h1-13,21-24H,(H,30,34). The first kappa shape index (κ1) is 23.8. The van der Waals surface area contributed by atoms with Crippen LogP contribution in [-0.4, -0.2) is 33.6 Å². The lowest BCUT2D eigenvalue weighted by atomic mass is 9.84. The van der Waals surface area contributed by atoms with Crippen LogP contribution in [0.25, 0.3) is 6.08 Å². The lowest BCUT2D eigenvalue weighted by Crippen LogP contribution is -2.46. The number of halogens is 2. The largest absolute Gasteiger partial charge is 0.357 e. The fourth-order valence-electron chi connectivity index (χ4n) is 5.63. The Bertz CT molecular complexity index is 1560. The molecule has 4 atom stereocenters. The number of non-ortho nitro benzene ring substituents is 1. The molecule has 2 fully saturated rings. The molecular formula is C27H18ClFN4O5. The molecule has 3 aliphatic rings. The number of rotatable bonds is 4. The van der Waals surface area contributed by atoms with Crippen LogP contribution < -0.4 is 10.2 Å². The van der Waals surface area contributed by atoms with Crippen LogP contribution in [0.5, 0.6) is 0 Å². The number of hydrogen-bond acceptors (Lipinski definition) is 6. The van der Waals surface area contributed by atoms with E-state index in [0.717, 1.165) is 34.2 Å². The molecule has 3 aliphatic heterocycles. The molecule has 6 rings (SSSR count). The van der Waals surface area contributed by atoms with Crippen LogP contribution in [-0.2, 0) is 14.4 Å². The van der Waals surface area contributed by atoms with Gasteiger partial charge in [0.15, 0.2) is 0 Å². The van der Waals surface area contributed by atoms with Gasteiger partial charge in [-0.1, -0.05) is 35.9 Å². The zero-order chi connectivity index (χ0) is 26.7. The third kappa shape index (κ3) is 3.56. The van der Waals surface area contributed by atoms with Gasteiger partial charge in [-0.05, 0) is 47.5 Å². The number of nitrogens with zero attached hydrogens (tertiary/aromatic N) is 3. The second-order valence-corrected chi connectivity index (χ2v) is 9.64. The van der Waals surface area contributed by atoms with Gasteiger partial charge in [0.2, 0.25) is 17.7 Å². The number of nitro groups is 1. The Balaban J connectivity index is 1.43. The summed E-state index contributed by atoms with van der Waals surface area (Å²) in [6, 6.07) is 14.3. The average molecular weight is 533 g/mol. The first-order valence-electron chi connectivity index (χ1n) is 11.7. The molecule has 0 aromatic heterocycles. The van der Waals surface area contributed by atoms with E-state index in [1.54, 1.807) is 17.2 Å². The van der Waals surface area contributed by atoms with Gasteiger partial charge < -0.3 is 10.2 Å². The van der Waals surface area contributed by atoms with Crippen molar-refractivity contribution in [3.63, 3.8) is 0 Å². The van der Waals surface area contributed by atoms with Crippen molar-refractivity contribution in [1.29, 1.82) is 0 Å². The van der Waals surface area contributed by atoms with Crippen molar-refractivity contribution in [2.24, 2.45) is 11.8 Å². The van der Waals surface area contributed by atoms with Crippen molar-refractivity contribution in [3.8, 4) is 0 Å². The van der Waals surface area contributed by atoms with Crippen LogP contribution in [0, 0.1) is 27.8 Å². The Morgan fingerprint density at radius 3 is 2.45 bits per heavy atom. The summed E-state index contributed by atoms with van der Waals surface area (Å²) in [5.74, 6) is -4.19. The zero-order valence-electron chi connectivity index (χ0n) is 19.5. The van der Waals surface area contributed by atoms with Gasteiger partial charge in [0.05, 0.1) is 39.2 Å². The molecule has 1 N–H and O–H groups in total. The second-order valence-electron chi connectivity index (χ2n) is 9.23. The fourth-order valence-corrected chi connectivity index (χ4v) is 5.80. The molecule has 2 saturated heterocycles. The van der Waals surface area contributed by atoms with Gasteiger partial charge >= 0.3 is 0 Å². The van der Waals surface area contributed by atoms with Crippen LogP contribution in [0.15, 0.2) is 72.9 Å². The lowest BCUT2D eigenvalue weighted by Gasteiger charge is -2.35. The maximum Gasteiger partial charge on any atom is 0.271 e. The molecule has 9 nitrogen and oxygen atoms in total. The highest BCUT2D eigenvalue weighted by Gasteiger charge is 2.64. The molecule has 3 aromatic rings. The smallest absolute Gasteiger partial charge is 0.271 e. The van der Waals surface area contributed by atoms with Gasteiger partial charge in [-0.25, -0.2) is 9.29 Å². The van der Waals surface area contributed by atoms with Gasteiger partial charge in [0, 0.05) is 18.3 Å². The maximum atomic E-state index is 13.8. The molecule has 3 aromatic carbocycles. The maximum absolute atomic E-state index is 13.8. The SMILES string of the molecule is O=C(Nc1cc([N+](=O)[O-])ccc1Cl)C1C2C(=O)N(c3ccc(F)cc3)C(=O)C2C2c3ccccc3C=CN12. The molecule has 11 heteroatoms. The van der Waals surface area contributed by atoms with E-state index < -0.39 is 52.4 Å². The molecule has 0 saturated carbocycles. The molecule has 0 radical (unpaired) electrons. The quantitative estimate of drug-likeness (QED) is 0.300. The van der Waals surface area contributed by atoms with Gasteiger partial charge in [-0.15, -0.1) is 0 Å². The minimum atomic E-state index is -1.12. The number of hydrogen-bond donors (Lipinski definition) is 1. The first-order chi connectivity index (χ1) is 18.3. The van der Waals surface area contributed by atoms with Crippen LogP contribution >= 0.6 is 11.6 Å². The number of benzene rings is 3.